The third-order valence-electron chi connectivity index (χ3n) is 3.00. The molecule has 5 nitrogen and oxygen atoms in total. The van der Waals surface area contributed by atoms with Crippen LogP contribution in [0.15, 0.2) is 11.8 Å². The molecule has 0 aliphatic carbocycles. The van der Waals surface area contributed by atoms with Crippen molar-refractivity contribution >= 4 is 5.91 Å². The van der Waals surface area contributed by atoms with Gasteiger partial charge in [0.15, 0.2) is 0 Å². The van der Waals surface area contributed by atoms with Gasteiger partial charge in [0.1, 0.15) is 11.6 Å². The number of carbonyl (C=O) groups excluding carboxylic acids is 1. The van der Waals surface area contributed by atoms with Crippen LogP contribution in [0.1, 0.15) is 33.1 Å². The van der Waals surface area contributed by atoms with Gasteiger partial charge in [-0.3, -0.25) is 4.79 Å². The molecular weight excluding hydrogens is 230 g/mol. The molecule has 5 heteroatoms. The van der Waals surface area contributed by atoms with Crippen LogP contribution in [0.4, 0.5) is 0 Å². The number of carbonyl (C=O) groups is 1. The number of nitriles is 1. The van der Waals surface area contributed by atoms with Crippen molar-refractivity contribution in [1.82, 2.24) is 10.6 Å². The summed E-state index contributed by atoms with van der Waals surface area (Å²) < 4.78 is 5.40. The summed E-state index contributed by atoms with van der Waals surface area (Å²) in [7, 11) is 0. The molecule has 0 radical (unpaired) electrons. The van der Waals surface area contributed by atoms with Crippen molar-refractivity contribution in [2.45, 2.75) is 45.3 Å². The summed E-state index contributed by atoms with van der Waals surface area (Å²) in [6, 6.07) is 2.15. The van der Waals surface area contributed by atoms with Crippen LogP contribution in [-0.2, 0) is 9.53 Å². The zero-order valence-corrected chi connectivity index (χ0v) is 11.0. The first-order valence-electron chi connectivity index (χ1n) is 6.43. The first-order valence-corrected chi connectivity index (χ1v) is 6.43. The van der Waals surface area contributed by atoms with Gasteiger partial charge in [-0.05, 0) is 26.2 Å². The van der Waals surface area contributed by atoms with Crippen LogP contribution in [0.25, 0.3) is 0 Å². The zero-order chi connectivity index (χ0) is 13.4. The molecule has 2 N–H and O–H groups in total. The summed E-state index contributed by atoms with van der Waals surface area (Å²) in [5.41, 5.74) is 0.105. The minimum absolute atomic E-state index is 0.0939. The molecule has 18 heavy (non-hydrogen) atoms. The van der Waals surface area contributed by atoms with Crippen LogP contribution >= 0.6 is 0 Å². The molecule has 0 saturated carbocycles. The molecular formula is C13H21N3O2. The summed E-state index contributed by atoms with van der Waals surface area (Å²) in [5, 5.41) is 14.7. The van der Waals surface area contributed by atoms with Gasteiger partial charge in [-0.1, -0.05) is 6.92 Å². The molecule has 1 heterocycles. The second kappa shape index (κ2) is 7.72. The minimum atomic E-state index is -0.344. The van der Waals surface area contributed by atoms with E-state index in [0.29, 0.717) is 6.54 Å². The van der Waals surface area contributed by atoms with Gasteiger partial charge in [0.05, 0.1) is 6.10 Å². The molecule has 1 rings (SSSR count). The van der Waals surface area contributed by atoms with Gasteiger partial charge in [0.2, 0.25) is 0 Å². The lowest BCUT2D eigenvalue weighted by Gasteiger charge is -2.11. The maximum absolute atomic E-state index is 11.7. The van der Waals surface area contributed by atoms with Crippen molar-refractivity contribution < 1.29 is 9.53 Å². The lowest BCUT2D eigenvalue weighted by Crippen LogP contribution is -2.33. The lowest BCUT2D eigenvalue weighted by molar-refractivity contribution is -0.117. The Hall–Kier alpha value is -1.54. The molecule has 1 saturated heterocycles. The first kappa shape index (κ1) is 14.5. The molecule has 0 aromatic heterocycles. The first-order chi connectivity index (χ1) is 8.67. The maximum atomic E-state index is 11.7. The summed E-state index contributed by atoms with van der Waals surface area (Å²) in [6.07, 6.45) is 4.52. The van der Waals surface area contributed by atoms with Gasteiger partial charge >= 0.3 is 0 Å². The number of ether oxygens (including phenoxy) is 1. The van der Waals surface area contributed by atoms with Gasteiger partial charge in [-0.15, -0.1) is 0 Å². The van der Waals surface area contributed by atoms with E-state index >= 15 is 0 Å². The molecule has 0 bridgehead atoms. The van der Waals surface area contributed by atoms with E-state index in [9.17, 15) is 4.79 Å². The van der Waals surface area contributed by atoms with Crippen molar-refractivity contribution in [2.75, 3.05) is 13.2 Å². The third-order valence-corrected chi connectivity index (χ3v) is 3.00. The molecule has 0 aromatic rings. The van der Waals surface area contributed by atoms with Crippen LogP contribution in [-0.4, -0.2) is 31.2 Å². The van der Waals surface area contributed by atoms with E-state index < -0.39 is 0 Å². The molecule has 0 spiro atoms. The van der Waals surface area contributed by atoms with E-state index in [1.165, 1.54) is 6.20 Å². The topological polar surface area (TPSA) is 74.2 Å². The molecule has 1 aliphatic heterocycles. The fourth-order valence-corrected chi connectivity index (χ4v) is 1.60. The molecule has 1 amide bonds. The predicted octanol–water partition coefficient (Wildman–Crippen LogP) is 1.08. The SMILES string of the molecule is CCC(C)N/C=C(/C#N)C(=O)NCC1CCCO1. The van der Waals surface area contributed by atoms with E-state index in [0.717, 1.165) is 25.9 Å². The molecule has 2 unspecified atom stereocenters. The standard InChI is InChI=1S/C13H21N3O2/c1-3-10(2)15-8-11(7-14)13(17)16-9-12-5-4-6-18-12/h8,10,12,15H,3-6,9H2,1-2H3,(H,16,17)/b11-8-. The van der Waals surface area contributed by atoms with E-state index in [1.54, 1.807) is 0 Å². The normalized spacial score (nSPS) is 21.2. The number of hydrogen-bond acceptors (Lipinski definition) is 4. The van der Waals surface area contributed by atoms with Crippen molar-refractivity contribution in [1.29, 1.82) is 5.26 Å². The summed E-state index contributed by atoms with van der Waals surface area (Å²) in [5.74, 6) is -0.344. The van der Waals surface area contributed by atoms with E-state index in [1.807, 2.05) is 19.9 Å². The maximum Gasteiger partial charge on any atom is 0.263 e. The molecule has 1 fully saturated rings. The monoisotopic (exact) mass is 251 g/mol. The molecule has 100 valence electrons. The largest absolute Gasteiger partial charge is 0.387 e. The molecule has 2 atom stereocenters. The fraction of sp³-hybridized carbons (Fsp3) is 0.692. The number of nitrogens with zero attached hydrogens (tertiary/aromatic N) is 1. The van der Waals surface area contributed by atoms with Crippen molar-refractivity contribution in [2.24, 2.45) is 0 Å². The Kier molecular flexibility index (Phi) is 6.23. The Balaban J connectivity index is 2.39. The highest BCUT2D eigenvalue weighted by Crippen LogP contribution is 2.10. The fourth-order valence-electron chi connectivity index (χ4n) is 1.60. The van der Waals surface area contributed by atoms with Crippen LogP contribution in [0.2, 0.25) is 0 Å². The zero-order valence-electron chi connectivity index (χ0n) is 11.0. The third kappa shape index (κ3) is 4.76. The second-order valence-electron chi connectivity index (χ2n) is 4.49. The Labute approximate surface area is 108 Å². The molecule has 1 aliphatic rings. The van der Waals surface area contributed by atoms with Gasteiger partial charge < -0.3 is 15.4 Å². The van der Waals surface area contributed by atoms with Gasteiger partial charge in [-0.2, -0.15) is 5.26 Å². The van der Waals surface area contributed by atoms with Crippen LogP contribution < -0.4 is 10.6 Å². The second-order valence-corrected chi connectivity index (χ2v) is 4.49. The number of rotatable bonds is 6. The Morgan fingerprint density at radius 3 is 3.00 bits per heavy atom. The summed E-state index contributed by atoms with van der Waals surface area (Å²) >= 11 is 0. The van der Waals surface area contributed by atoms with Crippen LogP contribution in [0.3, 0.4) is 0 Å². The van der Waals surface area contributed by atoms with E-state index in [-0.39, 0.29) is 23.6 Å². The highest BCUT2D eigenvalue weighted by Gasteiger charge is 2.17. The number of hydrogen-bond donors (Lipinski definition) is 2. The highest BCUT2D eigenvalue weighted by atomic mass is 16.5. The van der Waals surface area contributed by atoms with Gasteiger partial charge in [0, 0.05) is 25.4 Å². The highest BCUT2D eigenvalue weighted by molar-refractivity contribution is 5.97. The van der Waals surface area contributed by atoms with Gasteiger partial charge in [0.25, 0.3) is 5.91 Å². The van der Waals surface area contributed by atoms with Crippen molar-refractivity contribution in [3.05, 3.63) is 11.8 Å². The average Bonchev–Trinajstić information content (AvgIpc) is 2.89. The van der Waals surface area contributed by atoms with Crippen molar-refractivity contribution in [3.8, 4) is 6.07 Å². The average molecular weight is 251 g/mol. The minimum Gasteiger partial charge on any atom is -0.387 e. The summed E-state index contributed by atoms with van der Waals surface area (Å²) in [4.78, 5) is 11.7. The van der Waals surface area contributed by atoms with E-state index in [4.69, 9.17) is 10.00 Å². The predicted molar refractivity (Wildman–Crippen MR) is 68.6 cm³/mol. The Morgan fingerprint density at radius 2 is 2.44 bits per heavy atom. The van der Waals surface area contributed by atoms with Crippen molar-refractivity contribution in [3.63, 3.8) is 0 Å². The Bertz CT molecular complexity index is 341. The lowest BCUT2D eigenvalue weighted by atomic mass is 10.2. The smallest absolute Gasteiger partial charge is 0.263 e. The van der Waals surface area contributed by atoms with E-state index in [2.05, 4.69) is 10.6 Å². The summed E-state index contributed by atoms with van der Waals surface area (Å²) in [6.45, 7) is 5.27. The van der Waals surface area contributed by atoms with Crippen LogP contribution in [0.5, 0.6) is 0 Å². The number of nitrogens with one attached hydrogen (secondary N) is 2. The van der Waals surface area contributed by atoms with Crippen LogP contribution in [0, 0.1) is 11.3 Å². The Morgan fingerprint density at radius 1 is 1.67 bits per heavy atom. The van der Waals surface area contributed by atoms with Gasteiger partial charge in [-0.25, -0.2) is 0 Å². The number of amides is 1. The quantitative estimate of drug-likeness (QED) is 0.547. The molecule has 0 aromatic carbocycles.